The van der Waals surface area contributed by atoms with Crippen molar-refractivity contribution >= 4 is 33.5 Å². The van der Waals surface area contributed by atoms with E-state index in [0.29, 0.717) is 9.50 Å². The fourth-order valence-electron chi connectivity index (χ4n) is 1.55. The quantitative estimate of drug-likeness (QED) is 0.885. The van der Waals surface area contributed by atoms with Crippen molar-refractivity contribution in [3.05, 3.63) is 57.0 Å². The highest BCUT2D eigenvalue weighted by Crippen LogP contribution is 2.32. The molecule has 2 rings (SSSR count). The highest BCUT2D eigenvalue weighted by Gasteiger charge is 2.14. The number of hydrogen-bond acceptors (Lipinski definition) is 3. The van der Waals surface area contributed by atoms with Crippen molar-refractivity contribution in [2.45, 2.75) is 0 Å². The molecule has 4 nitrogen and oxygen atoms in total. The molecule has 0 bridgehead atoms. The molecule has 0 saturated heterocycles. The van der Waals surface area contributed by atoms with Crippen molar-refractivity contribution in [2.24, 2.45) is 0 Å². The molecule has 0 fully saturated rings. The SMILES string of the molecule is N#Cc1ccc(Cl)cc1Oc1cc(Br)ccc1C(=O)O. The molecule has 0 aliphatic heterocycles. The van der Waals surface area contributed by atoms with Crippen LogP contribution < -0.4 is 4.74 Å². The lowest BCUT2D eigenvalue weighted by atomic mass is 10.2. The number of hydrogen-bond donors (Lipinski definition) is 1. The maximum Gasteiger partial charge on any atom is 0.339 e. The molecule has 100 valence electrons. The Morgan fingerprint density at radius 1 is 1.25 bits per heavy atom. The summed E-state index contributed by atoms with van der Waals surface area (Å²) in [6.07, 6.45) is 0. The van der Waals surface area contributed by atoms with Gasteiger partial charge in [-0.15, -0.1) is 0 Å². The van der Waals surface area contributed by atoms with Crippen LogP contribution in [-0.2, 0) is 0 Å². The summed E-state index contributed by atoms with van der Waals surface area (Å²) < 4.78 is 6.20. The highest BCUT2D eigenvalue weighted by atomic mass is 79.9. The molecular weight excluding hydrogens is 346 g/mol. The molecule has 2 aromatic carbocycles. The number of ether oxygens (including phenoxy) is 1. The van der Waals surface area contributed by atoms with Crippen LogP contribution in [0.1, 0.15) is 15.9 Å². The van der Waals surface area contributed by atoms with Crippen LogP contribution in [0.25, 0.3) is 0 Å². The summed E-state index contributed by atoms with van der Waals surface area (Å²) >= 11 is 9.10. The van der Waals surface area contributed by atoms with Crippen LogP contribution in [0.2, 0.25) is 5.02 Å². The van der Waals surface area contributed by atoms with Gasteiger partial charge in [0.15, 0.2) is 0 Å². The number of carboxylic acids is 1. The lowest BCUT2D eigenvalue weighted by Gasteiger charge is -2.10. The summed E-state index contributed by atoms with van der Waals surface area (Å²) in [6.45, 7) is 0. The van der Waals surface area contributed by atoms with Crippen molar-refractivity contribution < 1.29 is 14.6 Å². The number of halogens is 2. The van der Waals surface area contributed by atoms with Crippen LogP contribution in [-0.4, -0.2) is 11.1 Å². The van der Waals surface area contributed by atoms with E-state index in [2.05, 4.69) is 15.9 Å². The first kappa shape index (κ1) is 14.4. The Kier molecular flexibility index (Phi) is 4.28. The third kappa shape index (κ3) is 3.10. The average molecular weight is 353 g/mol. The van der Waals surface area contributed by atoms with E-state index in [4.69, 9.17) is 26.7 Å². The van der Waals surface area contributed by atoms with Crippen LogP contribution >= 0.6 is 27.5 Å². The Labute approximate surface area is 128 Å². The van der Waals surface area contributed by atoms with E-state index in [0.717, 1.165) is 0 Å². The van der Waals surface area contributed by atoms with E-state index in [1.807, 2.05) is 6.07 Å². The van der Waals surface area contributed by atoms with E-state index in [9.17, 15) is 4.79 Å². The number of carbonyl (C=O) groups is 1. The molecule has 20 heavy (non-hydrogen) atoms. The van der Waals surface area contributed by atoms with Crippen molar-refractivity contribution in [1.82, 2.24) is 0 Å². The number of aromatic carboxylic acids is 1. The normalized spacial score (nSPS) is 9.85. The lowest BCUT2D eigenvalue weighted by Crippen LogP contribution is -2.00. The number of benzene rings is 2. The first-order valence-corrected chi connectivity index (χ1v) is 6.58. The Bertz CT molecular complexity index is 725. The molecule has 0 saturated carbocycles. The largest absolute Gasteiger partial charge is 0.478 e. The lowest BCUT2D eigenvalue weighted by molar-refractivity contribution is 0.0694. The molecule has 0 heterocycles. The number of rotatable bonds is 3. The van der Waals surface area contributed by atoms with Gasteiger partial charge in [-0.05, 0) is 30.3 Å². The predicted octanol–water partition coefficient (Wildman–Crippen LogP) is 4.46. The Morgan fingerprint density at radius 3 is 2.65 bits per heavy atom. The second kappa shape index (κ2) is 5.95. The third-order valence-corrected chi connectivity index (χ3v) is 3.19. The first-order valence-electron chi connectivity index (χ1n) is 5.41. The van der Waals surface area contributed by atoms with E-state index >= 15 is 0 Å². The van der Waals surface area contributed by atoms with E-state index in [1.165, 1.54) is 24.3 Å². The molecule has 0 atom stereocenters. The molecule has 1 N–H and O–H groups in total. The molecule has 0 spiro atoms. The standard InChI is InChI=1S/C14H7BrClNO3/c15-9-2-4-11(14(18)19)13(5-9)20-12-6-10(16)3-1-8(12)7-17/h1-6H,(H,18,19). The molecule has 2 aromatic rings. The Balaban J connectivity index is 2.50. The molecule has 0 radical (unpaired) electrons. The summed E-state index contributed by atoms with van der Waals surface area (Å²) in [5.41, 5.74) is 0.266. The summed E-state index contributed by atoms with van der Waals surface area (Å²) in [7, 11) is 0. The van der Waals surface area contributed by atoms with Gasteiger partial charge < -0.3 is 9.84 Å². The minimum Gasteiger partial charge on any atom is -0.478 e. The number of nitrogens with zero attached hydrogens (tertiary/aromatic N) is 1. The van der Waals surface area contributed by atoms with Gasteiger partial charge in [-0.1, -0.05) is 27.5 Å². The monoisotopic (exact) mass is 351 g/mol. The van der Waals surface area contributed by atoms with Crippen LogP contribution in [0.4, 0.5) is 0 Å². The van der Waals surface area contributed by atoms with Gasteiger partial charge in [-0.25, -0.2) is 4.79 Å². The second-order valence-electron chi connectivity index (χ2n) is 3.80. The van der Waals surface area contributed by atoms with Crippen LogP contribution in [0.3, 0.4) is 0 Å². The van der Waals surface area contributed by atoms with E-state index < -0.39 is 5.97 Å². The van der Waals surface area contributed by atoms with E-state index in [1.54, 1.807) is 12.1 Å². The summed E-state index contributed by atoms with van der Waals surface area (Å²) in [6, 6.07) is 11.0. The van der Waals surface area contributed by atoms with Crippen molar-refractivity contribution in [2.75, 3.05) is 0 Å². The molecule has 0 aliphatic carbocycles. The summed E-state index contributed by atoms with van der Waals surface area (Å²) in [5, 5.41) is 18.5. The average Bonchev–Trinajstić information content (AvgIpc) is 2.38. The molecule has 0 aromatic heterocycles. The minimum atomic E-state index is -1.12. The number of carboxylic acid groups (broad SMARTS) is 1. The summed E-state index contributed by atoms with van der Waals surface area (Å²) in [4.78, 5) is 11.2. The molecule has 0 aliphatic rings. The van der Waals surface area contributed by atoms with Gasteiger partial charge in [0.25, 0.3) is 0 Å². The summed E-state index contributed by atoms with van der Waals surface area (Å²) in [5.74, 6) is -0.778. The minimum absolute atomic E-state index is 0.00272. The number of nitriles is 1. The maximum absolute atomic E-state index is 11.2. The zero-order valence-corrected chi connectivity index (χ0v) is 12.3. The Hall–Kier alpha value is -2.03. The Morgan fingerprint density at radius 2 is 2.00 bits per heavy atom. The molecule has 6 heteroatoms. The van der Waals surface area contributed by atoms with Gasteiger partial charge in [-0.3, -0.25) is 0 Å². The second-order valence-corrected chi connectivity index (χ2v) is 5.15. The smallest absolute Gasteiger partial charge is 0.339 e. The fraction of sp³-hybridized carbons (Fsp3) is 0. The topological polar surface area (TPSA) is 70.3 Å². The van der Waals surface area contributed by atoms with Crippen molar-refractivity contribution in [3.8, 4) is 17.6 Å². The van der Waals surface area contributed by atoms with Crippen molar-refractivity contribution in [3.63, 3.8) is 0 Å². The third-order valence-electron chi connectivity index (χ3n) is 2.46. The zero-order valence-electron chi connectivity index (χ0n) is 9.93. The van der Waals surface area contributed by atoms with Crippen LogP contribution in [0.15, 0.2) is 40.9 Å². The van der Waals surface area contributed by atoms with Gasteiger partial charge in [0.1, 0.15) is 23.1 Å². The molecule has 0 unspecified atom stereocenters. The van der Waals surface area contributed by atoms with Gasteiger partial charge in [-0.2, -0.15) is 5.26 Å². The van der Waals surface area contributed by atoms with Gasteiger partial charge in [0, 0.05) is 15.6 Å². The maximum atomic E-state index is 11.2. The first-order chi connectivity index (χ1) is 9.51. The molecular formula is C14H7BrClNO3. The molecule has 0 amide bonds. The van der Waals surface area contributed by atoms with Crippen molar-refractivity contribution in [1.29, 1.82) is 5.26 Å². The zero-order chi connectivity index (χ0) is 14.7. The van der Waals surface area contributed by atoms with Crippen LogP contribution in [0, 0.1) is 11.3 Å². The van der Waals surface area contributed by atoms with Gasteiger partial charge >= 0.3 is 5.97 Å². The van der Waals surface area contributed by atoms with E-state index in [-0.39, 0.29) is 22.6 Å². The highest BCUT2D eigenvalue weighted by molar-refractivity contribution is 9.10. The van der Waals surface area contributed by atoms with Gasteiger partial charge in [0.2, 0.25) is 0 Å². The van der Waals surface area contributed by atoms with Gasteiger partial charge in [0.05, 0.1) is 5.56 Å². The fourth-order valence-corrected chi connectivity index (χ4v) is 2.05. The predicted molar refractivity (Wildman–Crippen MR) is 77.3 cm³/mol. The van der Waals surface area contributed by atoms with Crippen LogP contribution in [0.5, 0.6) is 11.5 Å².